The molecule has 1 saturated carbocycles. The fraction of sp³-hybridized carbons (Fsp3) is 1.00. The predicted molar refractivity (Wildman–Crippen MR) is 65.0 cm³/mol. The molecule has 0 atom stereocenters. The molecule has 86 valence electrons. The van der Waals surface area contributed by atoms with Crippen molar-refractivity contribution in [2.75, 3.05) is 0 Å². The molecule has 0 unspecified atom stereocenters. The second-order valence-electron chi connectivity index (χ2n) is 4.71. The maximum atomic E-state index is 2.30. The van der Waals surface area contributed by atoms with Crippen LogP contribution in [0.4, 0.5) is 0 Å². The van der Waals surface area contributed by atoms with Crippen LogP contribution in [0, 0.1) is 5.92 Å². The van der Waals surface area contributed by atoms with E-state index in [9.17, 15) is 0 Å². The lowest BCUT2D eigenvalue weighted by Crippen LogP contribution is -1.98. The largest absolute Gasteiger partial charge is 0.344 e. The van der Waals surface area contributed by atoms with Crippen LogP contribution >= 0.6 is 0 Å². The summed E-state index contributed by atoms with van der Waals surface area (Å²) < 4.78 is 0. The lowest BCUT2D eigenvalue weighted by Gasteiger charge is -2.12. The zero-order chi connectivity index (χ0) is 9.36. The summed E-state index contributed by atoms with van der Waals surface area (Å²) in [5, 5.41) is 0. The van der Waals surface area contributed by atoms with Crippen molar-refractivity contribution in [1.82, 2.24) is 6.15 Å². The highest BCUT2D eigenvalue weighted by Crippen LogP contribution is 2.27. The summed E-state index contributed by atoms with van der Waals surface area (Å²) in [4.78, 5) is 0. The average Bonchev–Trinajstić information content (AvgIpc) is 2.41. The van der Waals surface area contributed by atoms with Crippen LogP contribution < -0.4 is 6.15 Å². The van der Waals surface area contributed by atoms with E-state index in [0.29, 0.717) is 0 Å². The molecule has 0 amide bonds. The van der Waals surface area contributed by atoms with Crippen molar-refractivity contribution in [3.63, 3.8) is 0 Å². The molecular weight excluding hydrogens is 170 g/mol. The van der Waals surface area contributed by atoms with Gasteiger partial charge in [0, 0.05) is 0 Å². The molecule has 0 aliphatic heterocycles. The highest BCUT2D eigenvalue weighted by atomic mass is 14.2. The smallest absolute Gasteiger partial charge is 0.0414 e. The third-order valence-electron chi connectivity index (χ3n) is 3.44. The van der Waals surface area contributed by atoms with Crippen molar-refractivity contribution in [3.05, 3.63) is 0 Å². The minimum Gasteiger partial charge on any atom is -0.344 e. The summed E-state index contributed by atoms with van der Waals surface area (Å²) in [6, 6.07) is 0. The van der Waals surface area contributed by atoms with Crippen LogP contribution in [0.15, 0.2) is 0 Å². The van der Waals surface area contributed by atoms with Gasteiger partial charge in [0.25, 0.3) is 0 Å². The fourth-order valence-electron chi connectivity index (χ4n) is 2.51. The van der Waals surface area contributed by atoms with Gasteiger partial charge in [-0.15, -0.1) is 0 Å². The van der Waals surface area contributed by atoms with Gasteiger partial charge in [0.05, 0.1) is 0 Å². The molecule has 0 bridgehead atoms. The predicted octanol–water partition coefficient (Wildman–Crippen LogP) is 5.09. The van der Waals surface area contributed by atoms with Crippen molar-refractivity contribution in [2.24, 2.45) is 5.92 Å². The lowest BCUT2D eigenvalue weighted by molar-refractivity contribution is 0.406. The molecule has 14 heavy (non-hydrogen) atoms. The number of hydrogen-bond acceptors (Lipinski definition) is 1. The zero-order valence-corrected chi connectivity index (χ0v) is 10.1. The molecule has 0 aromatic carbocycles. The van der Waals surface area contributed by atoms with Gasteiger partial charge in [0.15, 0.2) is 0 Å². The van der Waals surface area contributed by atoms with Crippen LogP contribution in [0.2, 0.25) is 0 Å². The molecule has 0 radical (unpaired) electrons. The molecule has 1 rings (SSSR count). The Hall–Kier alpha value is -0.0400. The Labute approximate surface area is 90.2 Å². The van der Waals surface area contributed by atoms with Gasteiger partial charge in [-0.3, -0.25) is 0 Å². The summed E-state index contributed by atoms with van der Waals surface area (Å²) in [5.74, 6) is 1.10. The van der Waals surface area contributed by atoms with Gasteiger partial charge in [-0.25, -0.2) is 0 Å². The SMILES string of the molecule is CCCCCCC1CCCCCC1.N. The number of hydrogen-bond donors (Lipinski definition) is 1. The Bertz CT molecular complexity index is 104. The van der Waals surface area contributed by atoms with Crippen molar-refractivity contribution in [2.45, 2.75) is 77.6 Å². The minimum atomic E-state index is 0. The quantitative estimate of drug-likeness (QED) is 0.486. The van der Waals surface area contributed by atoms with Crippen molar-refractivity contribution < 1.29 is 0 Å². The summed E-state index contributed by atoms with van der Waals surface area (Å²) in [6.45, 7) is 2.30. The number of unbranched alkanes of at least 4 members (excludes halogenated alkanes) is 3. The maximum absolute atomic E-state index is 2.30. The topological polar surface area (TPSA) is 35.0 Å². The molecule has 1 heteroatoms. The average molecular weight is 199 g/mol. The molecule has 0 spiro atoms. The van der Waals surface area contributed by atoms with Gasteiger partial charge < -0.3 is 6.15 Å². The minimum absolute atomic E-state index is 0. The second kappa shape index (κ2) is 9.51. The first-order valence-corrected chi connectivity index (χ1v) is 6.43. The van der Waals surface area contributed by atoms with E-state index in [1.54, 1.807) is 0 Å². The van der Waals surface area contributed by atoms with Crippen LogP contribution in [-0.2, 0) is 0 Å². The van der Waals surface area contributed by atoms with Crippen LogP contribution in [0.1, 0.15) is 77.6 Å². The molecule has 1 fully saturated rings. The Kier molecular flexibility index (Phi) is 9.49. The van der Waals surface area contributed by atoms with Gasteiger partial charge in [-0.1, -0.05) is 77.6 Å². The highest BCUT2D eigenvalue weighted by Gasteiger charge is 2.10. The maximum Gasteiger partial charge on any atom is -0.0414 e. The molecular formula is C13H29N. The summed E-state index contributed by atoms with van der Waals surface area (Å²) in [5.41, 5.74) is 0. The Morgan fingerprint density at radius 2 is 1.50 bits per heavy atom. The summed E-state index contributed by atoms with van der Waals surface area (Å²) >= 11 is 0. The number of rotatable bonds is 5. The second-order valence-corrected chi connectivity index (χ2v) is 4.71. The first-order valence-electron chi connectivity index (χ1n) is 6.43. The van der Waals surface area contributed by atoms with Crippen molar-refractivity contribution in [3.8, 4) is 0 Å². The Morgan fingerprint density at radius 3 is 2.07 bits per heavy atom. The molecule has 1 nitrogen and oxygen atoms in total. The summed E-state index contributed by atoms with van der Waals surface area (Å²) in [6.07, 6.45) is 16.4. The fourth-order valence-corrected chi connectivity index (χ4v) is 2.51. The monoisotopic (exact) mass is 199 g/mol. The molecule has 0 aromatic heterocycles. The van der Waals surface area contributed by atoms with Crippen LogP contribution in [0.3, 0.4) is 0 Å². The molecule has 3 N–H and O–H groups in total. The van der Waals surface area contributed by atoms with E-state index in [1.165, 1.54) is 70.6 Å². The Balaban J connectivity index is 0.00000169. The highest BCUT2D eigenvalue weighted by molar-refractivity contribution is 4.64. The third-order valence-corrected chi connectivity index (χ3v) is 3.44. The molecule has 0 saturated heterocycles. The van der Waals surface area contributed by atoms with E-state index < -0.39 is 0 Å². The first-order chi connectivity index (χ1) is 6.43. The zero-order valence-electron chi connectivity index (χ0n) is 10.1. The van der Waals surface area contributed by atoms with Gasteiger partial charge in [-0.05, 0) is 5.92 Å². The third kappa shape index (κ3) is 6.42. The molecule has 0 heterocycles. The van der Waals surface area contributed by atoms with Crippen molar-refractivity contribution >= 4 is 0 Å². The van der Waals surface area contributed by atoms with Crippen LogP contribution in [-0.4, -0.2) is 0 Å². The standard InChI is InChI=1S/C13H26.H3N/c1-2-3-4-7-10-13-11-8-5-6-9-12-13;/h13H,2-12H2,1H3;1H3. The van der Waals surface area contributed by atoms with E-state index in [1.807, 2.05) is 0 Å². The van der Waals surface area contributed by atoms with Crippen LogP contribution in [0.25, 0.3) is 0 Å². The normalized spacial score (nSPS) is 18.6. The van der Waals surface area contributed by atoms with Crippen LogP contribution in [0.5, 0.6) is 0 Å². The summed E-state index contributed by atoms with van der Waals surface area (Å²) in [7, 11) is 0. The lowest BCUT2D eigenvalue weighted by atomic mass is 9.94. The van der Waals surface area contributed by atoms with Crippen molar-refractivity contribution in [1.29, 1.82) is 0 Å². The molecule has 1 aliphatic carbocycles. The van der Waals surface area contributed by atoms with Gasteiger partial charge in [-0.2, -0.15) is 0 Å². The molecule has 0 aromatic rings. The van der Waals surface area contributed by atoms with Gasteiger partial charge in [0.2, 0.25) is 0 Å². The van der Waals surface area contributed by atoms with E-state index in [4.69, 9.17) is 0 Å². The van der Waals surface area contributed by atoms with E-state index in [2.05, 4.69) is 6.92 Å². The van der Waals surface area contributed by atoms with E-state index in [0.717, 1.165) is 5.92 Å². The Morgan fingerprint density at radius 1 is 0.857 bits per heavy atom. The van der Waals surface area contributed by atoms with E-state index >= 15 is 0 Å². The first kappa shape index (κ1) is 14.0. The molecule has 1 aliphatic rings. The van der Waals surface area contributed by atoms with Gasteiger partial charge in [0.1, 0.15) is 0 Å². The van der Waals surface area contributed by atoms with E-state index in [-0.39, 0.29) is 6.15 Å². The van der Waals surface area contributed by atoms with Gasteiger partial charge >= 0.3 is 0 Å².